The molecule has 1 aliphatic heterocycles. The van der Waals surface area contributed by atoms with Crippen LogP contribution in [0.5, 0.6) is 0 Å². The summed E-state index contributed by atoms with van der Waals surface area (Å²) in [5.41, 5.74) is 1.03. The Morgan fingerprint density at radius 1 is 1.15 bits per heavy atom. The van der Waals surface area contributed by atoms with E-state index >= 15 is 0 Å². The summed E-state index contributed by atoms with van der Waals surface area (Å²) in [7, 11) is -3.34. The zero-order chi connectivity index (χ0) is 19.3. The van der Waals surface area contributed by atoms with Crippen LogP contribution in [0.1, 0.15) is 31.4 Å². The van der Waals surface area contributed by atoms with Crippen molar-refractivity contribution in [1.82, 2.24) is 10.3 Å². The van der Waals surface area contributed by atoms with Gasteiger partial charge in [0, 0.05) is 43.8 Å². The zero-order valence-electron chi connectivity index (χ0n) is 15.8. The standard InChI is InChI=1S/C20H27N3O3S/c1-16(17-7-4-3-5-8-17)23-20(10-13-26-14-11-20)15-22-19-18(27(2,24)25)9-6-12-21-19/h3-9,12,16,23H,10-11,13-15H2,1-2H3,(H,21,22). The van der Waals surface area contributed by atoms with E-state index in [1.54, 1.807) is 18.3 Å². The van der Waals surface area contributed by atoms with Gasteiger partial charge in [-0.2, -0.15) is 0 Å². The van der Waals surface area contributed by atoms with Crippen molar-refractivity contribution in [2.24, 2.45) is 0 Å². The minimum absolute atomic E-state index is 0.171. The van der Waals surface area contributed by atoms with Crippen LogP contribution in [-0.2, 0) is 14.6 Å². The first-order valence-electron chi connectivity index (χ1n) is 9.19. The summed E-state index contributed by atoms with van der Waals surface area (Å²) in [4.78, 5) is 4.47. The average molecular weight is 390 g/mol. The third kappa shape index (κ3) is 5.06. The van der Waals surface area contributed by atoms with Gasteiger partial charge in [-0.3, -0.25) is 0 Å². The minimum Gasteiger partial charge on any atom is -0.381 e. The molecule has 1 saturated heterocycles. The van der Waals surface area contributed by atoms with Gasteiger partial charge in [0.2, 0.25) is 0 Å². The van der Waals surface area contributed by atoms with Gasteiger partial charge in [0.25, 0.3) is 0 Å². The second-order valence-electron chi connectivity index (χ2n) is 7.15. The monoisotopic (exact) mass is 389 g/mol. The maximum absolute atomic E-state index is 12.0. The Hall–Kier alpha value is -1.96. The Morgan fingerprint density at radius 2 is 1.85 bits per heavy atom. The molecule has 2 N–H and O–H groups in total. The van der Waals surface area contributed by atoms with E-state index in [0.717, 1.165) is 12.8 Å². The number of hydrogen-bond acceptors (Lipinski definition) is 6. The van der Waals surface area contributed by atoms with Crippen LogP contribution < -0.4 is 10.6 Å². The summed E-state index contributed by atoms with van der Waals surface area (Å²) in [6, 6.07) is 13.7. The quantitative estimate of drug-likeness (QED) is 0.758. The van der Waals surface area contributed by atoms with Gasteiger partial charge in [0.15, 0.2) is 9.84 Å². The molecule has 1 unspecified atom stereocenters. The second kappa shape index (κ2) is 8.37. The Morgan fingerprint density at radius 3 is 2.52 bits per heavy atom. The van der Waals surface area contributed by atoms with Gasteiger partial charge in [0.1, 0.15) is 10.7 Å². The largest absolute Gasteiger partial charge is 0.381 e. The summed E-state index contributed by atoms with van der Waals surface area (Å²) in [5.74, 6) is 0.403. The minimum atomic E-state index is -3.34. The Kier molecular flexibility index (Phi) is 6.14. The number of anilines is 1. The molecule has 0 spiro atoms. The molecule has 1 atom stereocenters. The predicted molar refractivity (Wildman–Crippen MR) is 107 cm³/mol. The number of sulfone groups is 1. The number of pyridine rings is 1. The number of benzene rings is 1. The number of hydrogen-bond donors (Lipinski definition) is 2. The molecule has 0 bridgehead atoms. The van der Waals surface area contributed by atoms with Gasteiger partial charge in [-0.1, -0.05) is 30.3 Å². The van der Waals surface area contributed by atoms with Crippen LogP contribution in [0, 0.1) is 0 Å². The fraction of sp³-hybridized carbons (Fsp3) is 0.450. The predicted octanol–water partition coefficient (Wildman–Crippen LogP) is 2.80. The highest BCUT2D eigenvalue weighted by Crippen LogP contribution is 2.27. The highest BCUT2D eigenvalue weighted by atomic mass is 32.2. The van der Waals surface area contributed by atoms with Crippen LogP contribution in [0.3, 0.4) is 0 Å². The molecule has 27 heavy (non-hydrogen) atoms. The van der Waals surface area contributed by atoms with Crippen molar-refractivity contribution in [1.29, 1.82) is 0 Å². The van der Waals surface area contributed by atoms with Gasteiger partial charge in [-0.15, -0.1) is 0 Å². The Bertz CT molecular complexity index is 850. The van der Waals surface area contributed by atoms with Crippen molar-refractivity contribution in [3.63, 3.8) is 0 Å². The van der Waals surface area contributed by atoms with Crippen LogP contribution in [0.2, 0.25) is 0 Å². The molecule has 1 aromatic heterocycles. The molecule has 1 aromatic carbocycles. The van der Waals surface area contributed by atoms with Gasteiger partial charge >= 0.3 is 0 Å². The van der Waals surface area contributed by atoms with Crippen LogP contribution in [0.4, 0.5) is 5.82 Å². The molecule has 2 aromatic rings. The number of rotatable bonds is 7. The number of aromatic nitrogens is 1. The molecule has 0 amide bonds. The maximum Gasteiger partial charge on any atom is 0.179 e. The topological polar surface area (TPSA) is 80.3 Å². The van der Waals surface area contributed by atoms with E-state index in [2.05, 4.69) is 34.7 Å². The lowest BCUT2D eigenvalue weighted by Crippen LogP contribution is -2.54. The van der Waals surface area contributed by atoms with Crippen molar-refractivity contribution in [3.05, 3.63) is 54.2 Å². The van der Waals surface area contributed by atoms with Gasteiger partial charge in [-0.25, -0.2) is 13.4 Å². The Labute approximate surface area is 161 Å². The van der Waals surface area contributed by atoms with Crippen LogP contribution in [0.25, 0.3) is 0 Å². The lowest BCUT2D eigenvalue weighted by Gasteiger charge is -2.41. The fourth-order valence-corrected chi connectivity index (χ4v) is 4.30. The van der Waals surface area contributed by atoms with Crippen LogP contribution in [0.15, 0.2) is 53.6 Å². The highest BCUT2D eigenvalue weighted by molar-refractivity contribution is 7.90. The molecule has 6 nitrogen and oxygen atoms in total. The second-order valence-corrected chi connectivity index (χ2v) is 9.13. The van der Waals surface area contributed by atoms with E-state index in [-0.39, 0.29) is 16.5 Å². The first-order valence-corrected chi connectivity index (χ1v) is 11.1. The normalized spacial score (nSPS) is 18.0. The molecular formula is C20H27N3O3S. The molecular weight excluding hydrogens is 362 g/mol. The first kappa shape index (κ1) is 19.8. The van der Waals surface area contributed by atoms with E-state index < -0.39 is 9.84 Å². The summed E-state index contributed by atoms with van der Waals surface area (Å²) < 4.78 is 29.6. The van der Waals surface area contributed by atoms with Crippen LogP contribution in [-0.4, -0.2) is 45.0 Å². The van der Waals surface area contributed by atoms with E-state index in [4.69, 9.17) is 4.74 Å². The molecule has 3 rings (SSSR count). The molecule has 1 fully saturated rings. The van der Waals surface area contributed by atoms with Gasteiger partial charge < -0.3 is 15.4 Å². The highest BCUT2D eigenvalue weighted by Gasteiger charge is 2.34. The summed E-state index contributed by atoms with van der Waals surface area (Å²) >= 11 is 0. The smallest absolute Gasteiger partial charge is 0.179 e. The zero-order valence-corrected chi connectivity index (χ0v) is 16.6. The number of ether oxygens (including phenoxy) is 1. The molecule has 0 saturated carbocycles. The van der Waals surface area contributed by atoms with Gasteiger partial charge in [0.05, 0.1) is 0 Å². The van der Waals surface area contributed by atoms with Crippen molar-refractivity contribution in [2.45, 2.75) is 36.2 Å². The third-order valence-corrected chi connectivity index (χ3v) is 6.16. The molecule has 2 heterocycles. The first-order chi connectivity index (χ1) is 12.9. The summed E-state index contributed by atoms with van der Waals surface area (Å²) in [6.45, 7) is 4.08. The Balaban J connectivity index is 1.78. The SMILES string of the molecule is CC(NC1(CNc2ncccc2S(C)(=O)=O)CCOCC1)c1ccccc1. The fourth-order valence-electron chi connectivity index (χ4n) is 3.49. The van der Waals surface area contributed by atoms with E-state index in [0.29, 0.717) is 25.6 Å². The molecule has 146 valence electrons. The number of nitrogens with zero attached hydrogens (tertiary/aromatic N) is 1. The lowest BCUT2D eigenvalue weighted by atomic mass is 9.88. The van der Waals surface area contributed by atoms with Crippen molar-refractivity contribution < 1.29 is 13.2 Å². The summed E-state index contributed by atoms with van der Waals surface area (Å²) in [5, 5.41) is 7.04. The lowest BCUT2D eigenvalue weighted by molar-refractivity contribution is 0.0389. The molecule has 7 heteroatoms. The van der Waals surface area contributed by atoms with Crippen molar-refractivity contribution in [3.8, 4) is 0 Å². The molecule has 1 aliphatic rings. The van der Waals surface area contributed by atoms with E-state index in [1.807, 2.05) is 18.2 Å². The molecule has 0 radical (unpaired) electrons. The van der Waals surface area contributed by atoms with Crippen molar-refractivity contribution in [2.75, 3.05) is 31.3 Å². The summed E-state index contributed by atoms with van der Waals surface area (Å²) in [6.07, 6.45) is 4.50. The maximum atomic E-state index is 12.0. The van der Waals surface area contributed by atoms with Crippen LogP contribution >= 0.6 is 0 Å². The number of nitrogens with one attached hydrogen (secondary N) is 2. The van der Waals surface area contributed by atoms with E-state index in [9.17, 15) is 8.42 Å². The molecule has 0 aliphatic carbocycles. The van der Waals surface area contributed by atoms with Crippen molar-refractivity contribution >= 4 is 15.7 Å². The third-order valence-electron chi connectivity index (χ3n) is 5.04. The van der Waals surface area contributed by atoms with E-state index in [1.165, 1.54) is 11.8 Å². The van der Waals surface area contributed by atoms with Gasteiger partial charge in [-0.05, 0) is 37.5 Å². The average Bonchev–Trinajstić information content (AvgIpc) is 2.67.